The molecule has 1 aromatic rings. The first-order valence-corrected chi connectivity index (χ1v) is 5.45. The van der Waals surface area contributed by atoms with E-state index < -0.39 is 4.92 Å². The molecule has 7 heteroatoms. The molecule has 94 valence electrons. The molecule has 0 spiro atoms. The molecule has 0 amide bonds. The van der Waals surface area contributed by atoms with Crippen molar-refractivity contribution in [3.05, 3.63) is 27.9 Å². The average Bonchev–Trinajstić information content (AvgIpc) is 2.75. The van der Waals surface area contributed by atoms with Gasteiger partial charge in [-0.3, -0.25) is 10.1 Å². The molecule has 1 saturated heterocycles. The van der Waals surface area contributed by atoms with Crippen molar-refractivity contribution >= 4 is 11.5 Å². The Morgan fingerprint density at radius 2 is 2.50 bits per heavy atom. The molecule has 1 atom stereocenters. The highest BCUT2D eigenvalue weighted by Crippen LogP contribution is 2.30. The fraction of sp³-hybridized carbons (Fsp3) is 0.455. The Morgan fingerprint density at radius 1 is 1.72 bits per heavy atom. The molecule has 1 aliphatic heterocycles. The van der Waals surface area contributed by atoms with E-state index in [1.165, 1.54) is 12.3 Å². The van der Waals surface area contributed by atoms with E-state index in [4.69, 9.17) is 10.00 Å². The lowest BCUT2D eigenvalue weighted by molar-refractivity contribution is -0.384. The van der Waals surface area contributed by atoms with Crippen molar-refractivity contribution < 1.29 is 9.66 Å². The Kier molecular flexibility index (Phi) is 3.12. The Balaban J connectivity index is 2.39. The predicted molar refractivity (Wildman–Crippen MR) is 63.1 cm³/mol. The normalized spacial score (nSPS) is 22.4. The number of ether oxygens (including phenoxy) is 1. The van der Waals surface area contributed by atoms with Gasteiger partial charge in [-0.2, -0.15) is 5.26 Å². The molecule has 1 aliphatic rings. The number of anilines is 1. The molecule has 1 aromatic heterocycles. The third kappa shape index (κ3) is 2.24. The third-order valence-electron chi connectivity index (χ3n) is 2.87. The lowest BCUT2D eigenvalue weighted by Gasteiger charge is -2.23. The minimum Gasteiger partial charge on any atom is -0.379 e. The highest BCUT2D eigenvalue weighted by Gasteiger charge is 2.33. The average molecular weight is 248 g/mol. The molecule has 1 fully saturated rings. The second-order valence-electron chi connectivity index (χ2n) is 4.41. The zero-order chi connectivity index (χ0) is 13.2. The maximum Gasteiger partial charge on any atom is 0.328 e. The van der Waals surface area contributed by atoms with Gasteiger partial charge in [0.1, 0.15) is 11.6 Å². The van der Waals surface area contributed by atoms with E-state index >= 15 is 0 Å². The fourth-order valence-electron chi connectivity index (χ4n) is 1.87. The number of rotatable bonds is 3. The summed E-state index contributed by atoms with van der Waals surface area (Å²) in [7, 11) is 0. The Morgan fingerprint density at radius 3 is 3.06 bits per heavy atom. The largest absolute Gasteiger partial charge is 0.379 e. The van der Waals surface area contributed by atoms with Gasteiger partial charge in [0.05, 0.1) is 17.1 Å². The van der Waals surface area contributed by atoms with Crippen LogP contribution in [0.1, 0.15) is 18.9 Å². The number of pyridine rings is 1. The monoisotopic (exact) mass is 248 g/mol. The second kappa shape index (κ2) is 4.58. The van der Waals surface area contributed by atoms with Crippen LogP contribution in [0, 0.1) is 21.4 Å². The van der Waals surface area contributed by atoms with Gasteiger partial charge in [0, 0.05) is 12.8 Å². The molecule has 0 aliphatic carbocycles. The maximum atomic E-state index is 11.0. The first-order chi connectivity index (χ1) is 8.56. The lowest BCUT2D eigenvalue weighted by atomic mass is 10.0. The van der Waals surface area contributed by atoms with E-state index in [-0.39, 0.29) is 22.6 Å². The predicted octanol–water partition coefficient (Wildman–Crippen LogP) is 1.45. The van der Waals surface area contributed by atoms with Crippen LogP contribution in [0.3, 0.4) is 0 Å². The number of nitro groups is 1. The maximum absolute atomic E-state index is 11.0. The molecule has 18 heavy (non-hydrogen) atoms. The number of nitrogens with one attached hydrogen (secondary N) is 1. The van der Waals surface area contributed by atoms with Crippen LogP contribution in [0.15, 0.2) is 12.3 Å². The molecular formula is C11H12N4O3. The van der Waals surface area contributed by atoms with Gasteiger partial charge in [0.2, 0.25) is 5.82 Å². The first kappa shape index (κ1) is 12.3. The quantitative estimate of drug-likeness (QED) is 0.641. The van der Waals surface area contributed by atoms with Gasteiger partial charge in [-0.05, 0) is 19.4 Å². The van der Waals surface area contributed by atoms with Crippen molar-refractivity contribution in [2.75, 3.05) is 18.5 Å². The minimum atomic E-state index is -0.590. The van der Waals surface area contributed by atoms with Crippen molar-refractivity contribution in [3.63, 3.8) is 0 Å². The summed E-state index contributed by atoms with van der Waals surface area (Å²) < 4.78 is 5.26. The van der Waals surface area contributed by atoms with Crippen molar-refractivity contribution in [3.8, 4) is 6.07 Å². The molecule has 7 nitrogen and oxygen atoms in total. The molecular weight excluding hydrogens is 236 g/mol. The van der Waals surface area contributed by atoms with Crippen LogP contribution in [-0.2, 0) is 4.74 Å². The van der Waals surface area contributed by atoms with Gasteiger partial charge in [0.25, 0.3) is 0 Å². The molecule has 0 bridgehead atoms. The summed E-state index contributed by atoms with van der Waals surface area (Å²) in [6, 6.07) is 3.13. The Bertz CT molecular complexity index is 518. The summed E-state index contributed by atoms with van der Waals surface area (Å²) in [5.41, 5.74) is -0.667. The van der Waals surface area contributed by atoms with Gasteiger partial charge in [-0.15, -0.1) is 0 Å². The topological polar surface area (TPSA) is 101 Å². The van der Waals surface area contributed by atoms with Gasteiger partial charge >= 0.3 is 5.69 Å². The van der Waals surface area contributed by atoms with Gasteiger partial charge < -0.3 is 10.1 Å². The smallest absolute Gasteiger partial charge is 0.328 e. The molecule has 0 radical (unpaired) electrons. The van der Waals surface area contributed by atoms with Crippen molar-refractivity contribution in [2.24, 2.45) is 0 Å². The number of hydrogen-bond donors (Lipinski definition) is 1. The van der Waals surface area contributed by atoms with Gasteiger partial charge in [-0.25, -0.2) is 4.98 Å². The zero-order valence-electron chi connectivity index (χ0n) is 9.84. The SMILES string of the molecule is CC1(Nc2nccc(C#N)c2[N+](=O)[O-])CCOC1. The number of nitrogens with zero attached hydrogens (tertiary/aromatic N) is 3. The molecule has 1 unspecified atom stereocenters. The number of nitriles is 1. The lowest BCUT2D eigenvalue weighted by Crippen LogP contribution is -2.35. The van der Waals surface area contributed by atoms with Crippen molar-refractivity contribution in [2.45, 2.75) is 18.9 Å². The van der Waals surface area contributed by atoms with Crippen molar-refractivity contribution in [1.82, 2.24) is 4.98 Å². The van der Waals surface area contributed by atoms with E-state index in [1.807, 2.05) is 6.92 Å². The van der Waals surface area contributed by atoms with Crippen LogP contribution >= 0.6 is 0 Å². The standard InChI is InChI=1S/C11H12N4O3/c1-11(3-5-18-7-11)14-10-9(15(16)17)8(6-12)2-4-13-10/h2,4H,3,5,7H2,1H3,(H,13,14). The van der Waals surface area contributed by atoms with Crippen molar-refractivity contribution in [1.29, 1.82) is 5.26 Å². The van der Waals surface area contributed by atoms with Crippen LogP contribution in [0.2, 0.25) is 0 Å². The molecule has 2 heterocycles. The minimum absolute atomic E-state index is 0.0000142. The summed E-state index contributed by atoms with van der Waals surface area (Å²) in [6.07, 6.45) is 2.12. The highest BCUT2D eigenvalue weighted by molar-refractivity contribution is 5.64. The molecule has 1 N–H and O–H groups in total. The fourth-order valence-corrected chi connectivity index (χ4v) is 1.87. The van der Waals surface area contributed by atoms with Crippen LogP contribution in [-0.4, -0.2) is 28.7 Å². The van der Waals surface area contributed by atoms with E-state index in [1.54, 1.807) is 6.07 Å². The summed E-state index contributed by atoms with van der Waals surface area (Å²) in [4.78, 5) is 14.4. The summed E-state index contributed by atoms with van der Waals surface area (Å²) >= 11 is 0. The molecule has 0 aromatic carbocycles. The number of hydrogen-bond acceptors (Lipinski definition) is 6. The third-order valence-corrected chi connectivity index (χ3v) is 2.87. The van der Waals surface area contributed by atoms with Crippen LogP contribution in [0.25, 0.3) is 0 Å². The summed E-state index contributed by atoms with van der Waals surface area (Å²) in [6.45, 7) is 2.97. The van der Waals surface area contributed by atoms with E-state index in [9.17, 15) is 10.1 Å². The summed E-state index contributed by atoms with van der Waals surface area (Å²) in [5, 5.41) is 22.9. The summed E-state index contributed by atoms with van der Waals surface area (Å²) in [5.74, 6) is 0.118. The van der Waals surface area contributed by atoms with Gasteiger partial charge in [0.15, 0.2) is 0 Å². The Labute approximate surface area is 104 Å². The van der Waals surface area contributed by atoms with E-state index in [0.717, 1.165) is 6.42 Å². The zero-order valence-corrected chi connectivity index (χ0v) is 9.84. The molecule has 2 rings (SSSR count). The highest BCUT2D eigenvalue weighted by atomic mass is 16.6. The van der Waals surface area contributed by atoms with Gasteiger partial charge in [-0.1, -0.05) is 0 Å². The van der Waals surface area contributed by atoms with E-state index in [2.05, 4.69) is 10.3 Å². The second-order valence-corrected chi connectivity index (χ2v) is 4.41. The van der Waals surface area contributed by atoms with Crippen LogP contribution in [0.5, 0.6) is 0 Å². The van der Waals surface area contributed by atoms with E-state index in [0.29, 0.717) is 13.2 Å². The Hall–Kier alpha value is -2.20. The molecule has 0 saturated carbocycles. The van der Waals surface area contributed by atoms with Crippen LogP contribution < -0.4 is 5.32 Å². The number of aromatic nitrogens is 1. The van der Waals surface area contributed by atoms with Crippen LogP contribution in [0.4, 0.5) is 11.5 Å². The first-order valence-electron chi connectivity index (χ1n) is 5.45.